The van der Waals surface area contributed by atoms with Crippen LogP contribution < -0.4 is 14.2 Å². The molecule has 1 aliphatic carbocycles. The molecule has 3 heterocycles. The Labute approximate surface area is 187 Å². The Morgan fingerprint density at radius 2 is 1.59 bits per heavy atom. The number of fused-ring (bicyclic) bond motifs is 1. The van der Waals surface area contributed by atoms with Crippen LogP contribution in [-0.2, 0) is 12.8 Å². The van der Waals surface area contributed by atoms with Crippen LogP contribution in [0.25, 0.3) is 11.4 Å². The second-order valence-corrected chi connectivity index (χ2v) is 7.63. The van der Waals surface area contributed by atoms with Crippen LogP contribution in [0.5, 0.6) is 23.4 Å². The van der Waals surface area contributed by atoms with Crippen molar-refractivity contribution in [2.45, 2.75) is 12.8 Å². The van der Waals surface area contributed by atoms with Crippen LogP contribution in [-0.4, -0.2) is 47.2 Å². The maximum absolute atomic E-state index is 6.04. The molecule has 5 rings (SSSR count). The summed E-state index contributed by atoms with van der Waals surface area (Å²) < 4.78 is 16.5. The zero-order valence-electron chi connectivity index (χ0n) is 18.1. The molecule has 2 aromatic heterocycles. The topological polar surface area (TPSA) is 69.6 Å². The van der Waals surface area contributed by atoms with E-state index in [9.17, 15) is 0 Å². The van der Waals surface area contributed by atoms with Crippen molar-refractivity contribution in [3.63, 3.8) is 0 Å². The van der Waals surface area contributed by atoms with Crippen LogP contribution in [0.2, 0.25) is 0 Å². The fraction of sp³-hybridized carbons (Fsp3) is 0.240. The molecule has 0 spiro atoms. The molecular weight excluding hydrogens is 404 g/mol. The standard InChI is InChI=1S/C25H24N4O3/c1-30-23-15-24(31-2)28-25(27-23)19-7-9-22(26-16-19)32-21-8-6-17-10-12-29(20-4-3-5-20)13-11-18(17)14-21/h3-9,14-16H,10-13H2,1-2H3. The van der Waals surface area contributed by atoms with Gasteiger partial charge < -0.3 is 19.1 Å². The van der Waals surface area contributed by atoms with Gasteiger partial charge in [-0.15, -0.1) is 0 Å². The molecule has 3 aromatic rings. The van der Waals surface area contributed by atoms with E-state index in [2.05, 4.69) is 50.2 Å². The van der Waals surface area contributed by atoms with Gasteiger partial charge in [-0.05, 0) is 54.3 Å². The molecule has 7 nitrogen and oxygen atoms in total. The first kappa shape index (κ1) is 20.1. The highest BCUT2D eigenvalue weighted by atomic mass is 16.5. The van der Waals surface area contributed by atoms with Gasteiger partial charge in [-0.25, -0.2) is 4.98 Å². The number of hydrogen-bond acceptors (Lipinski definition) is 7. The lowest BCUT2D eigenvalue weighted by molar-refractivity contribution is 0.370. The van der Waals surface area contributed by atoms with Gasteiger partial charge in [0.1, 0.15) is 5.75 Å². The molecule has 0 saturated carbocycles. The molecule has 1 aliphatic heterocycles. The number of hydrogen-bond donors (Lipinski definition) is 0. The Bertz CT molecular complexity index is 1170. The number of ether oxygens (including phenoxy) is 3. The lowest BCUT2D eigenvalue weighted by Crippen LogP contribution is -2.26. The van der Waals surface area contributed by atoms with Crippen LogP contribution in [0, 0.1) is 0 Å². The molecule has 0 bridgehead atoms. The van der Waals surface area contributed by atoms with E-state index in [0.29, 0.717) is 23.5 Å². The quantitative estimate of drug-likeness (QED) is 0.583. The molecule has 0 unspecified atom stereocenters. The summed E-state index contributed by atoms with van der Waals surface area (Å²) in [5.41, 5.74) is 4.80. The van der Waals surface area contributed by atoms with Crippen molar-refractivity contribution in [2.24, 2.45) is 0 Å². The predicted octanol–water partition coefficient (Wildman–Crippen LogP) is 4.20. The Kier molecular flexibility index (Phi) is 5.46. The van der Waals surface area contributed by atoms with Gasteiger partial charge in [0.05, 0.1) is 20.3 Å². The first-order chi connectivity index (χ1) is 15.7. The summed E-state index contributed by atoms with van der Waals surface area (Å²) in [4.78, 5) is 15.6. The van der Waals surface area contributed by atoms with E-state index < -0.39 is 0 Å². The largest absolute Gasteiger partial charge is 0.481 e. The third-order valence-corrected chi connectivity index (χ3v) is 5.69. The molecule has 32 heavy (non-hydrogen) atoms. The van der Waals surface area contributed by atoms with Gasteiger partial charge in [0.15, 0.2) is 5.82 Å². The summed E-state index contributed by atoms with van der Waals surface area (Å²) in [5.74, 6) is 2.65. The van der Waals surface area contributed by atoms with Crippen molar-refractivity contribution in [1.82, 2.24) is 19.9 Å². The van der Waals surface area contributed by atoms with E-state index in [1.165, 1.54) is 16.8 Å². The Morgan fingerprint density at radius 3 is 2.22 bits per heavy atom. The van der Waals surface area contributed by atoms with E-state index in [4.69, 9.17) is 14.2 Å². The van der Waals surface area contributed by atoms with Crippen molar-refractivity contribution in [3.8, 4) is 34.8 Å². The number of benzene rings is 1. The van der Waals surface area contributed by atoms with Gasteiger partial charge in [0.2, 0.25) is 17.6 Å². The molecule has 2 aliphatic rings. The lowest BCUT2D eigenvalue weighted by Gasteiger charge is -2.26. The third-order valence-electron chi connectivity index (χ3n) is 5.69. The van der Waals surface area contributed by atoms with Gasteiger partial charge in [-0.2, -0.15) is 9.97 Å². The zero-order chi connectivity index (χ0) is 21.9. The Morgan fingerprint density at radius 1 is 0.844 bits per heavy atom. The summed E-state index contributed by atoms with van der Waals surface area (Å²) in [6.07, 6.45) is 10.2. The summed E-state index contributed by atoms with van der Waals surface area (Å²) in [7, 11) is 3.11. The zero-order valence-corrected chi connectivity index (χ0v) is 18.1. The highest BCUT2D eigenvalue weighted by molar-refractivity contribution is 5.55. The third kappa shape index (κ3) is 4.14. The smallest absolute Gasteiger partial charge is 0.220 e. The lowest BCUT2D eigenvalue weighted by atomic mass is 10.0. The van der Waals surface area contributed by atoms with Crippen LogP contribution in [0.4, 0.5) is 0 Å². The minimum absolute atomic E-state index is 0.431. The second kappa shape index (κ2) is 8.70. The van der Waals surface area contributed by atoms with Gasteiger partial charge in [-0.1, -0.05) is 12.1 Å². The van der Waals surface area contributed by atoms with Crippen molar-refractivity contribution < 1.29 is 14.2 Å². The maximum Gasteiger partial charge on any atom is 0.220 e. The van der Waals surface area contributed by atoms with Crippen LogP contribution in [0.3, 0.4) is 0 Å². The van der Waals surface area contributed by atoms with Crippen molar-refractivity contribution in [2.75, 3.05) is 27.3 Å². The van der Waals surface area contributed by atoms with Crippen LogP contribution in [0.15, 0.2) is 66.5 Å². The first-order valence-corrected chi connectivity index (χ1v) is 10.6. The SMILES string of the molecule is COc1cc(OC)nc(-c2ccc(Oc3ccc4c(c3)CCN(C3=CC=C3)CC4)nc2)n1. The van der Waals surface area contributed by atoms with Gasteiger partial charge in [0, 0.05) is 36.6 Å². The molecular formula is C25H24N4O3. The molecule has 0 fully saturated rings. The number of nitrogens with zero attached hydrogens (tertiary/aromatic N) is 4. The van der Waals surface area contributed by atoms with E-state index in [0.717, 1.165) is 37.2 Å². The summed E-state index contributed by atoms with van der Waals surface area (Å²) >= 11 is 0. The minimum Gasteiger partial charge on any atom is -0.481 e. The molecule has 7 heteroatoms. The normalized spacial score (nSPS) is 14.7. The Balaban J connectivity index is 1.30. The number of pyridine rings is 1. The van der Waals surface area contributed by atoms with Gasteiger partial charge in [-0.3, -0.25) is 0 Å². The first-order valence-electron chi connectivity index (χ1n) is 10.6. The highest BCUT2D eigenvalue weighted by Crippen LogP contribution is 2.28. The molecule has 0 atom stereocenters. The fourth-order valence-electron chi connectivity index (χ4n) is 3.85. The summed E-state index contributed by atoms with van der Waals surface area (Å²) in [6, 6.07) is 11.6. The molecule has 0 amide bonds. The number of allylic oxidation sites excluding steroid dienone is 3. The van der Waals surface area contributed by atoms with Crippen LogP contribution in [0.1, 0.15) is 11.1 Å². The Hall–Kier alpha value is -3.87. The fourth-order valence-corrected chi connectivity index (χ4v) is 3.85. The number of rotatable bonds is 6. The molecule has 1 aromatic carbocycles. The summed E-state index contributed by atoms with van der Waals surface area (Å²) in [6.45, 7) is 2.06. The molecule has 0 saturated heterocycles. The van der Waals surface area contributed by atoms with E-state index >= 15 is 0 Å². The van der Waals surface area contributed by atoms with E-state index in [1.54, 1.807) is 26.5 Å². The average Bonchev–Trinajstić information content (AvgIpc) is 3.00. The maximum atomic E-state index is 6.04. The van der Waals surface area contributed by atoms with Crippen molar-refractivity contribution >= 4 is 0 Å². The molecule has 0 N–H and O–H groups in total. The number of aromatic nitrogens is 3. The summed E-state index contributed by atoms with van der Waals surface area (Å²) in [5, 5.41) is 0. The monoisotopic (exact) mass is 428 g/mol. The van der Waals surface area contributed by atoms with E-state index in [1.807, 2.05) is 18.2 Å². The number of methoxy groups -OCH3 is 2. The molecule has 0 radical (unpaired) electrons. The highest BCUT2D eigenvalue weighted by Gasteiger charge is 2.17. The van der Waals surface area contributed by atoms with Crippen molar-refractivity contribution in [1.29, 1.82) is 0 Å². The van der Waals surface area contributed by atoms with Crippen LogP contribution >= 0.6 is 0 Å². The second-order valence-electron chi connectivity index (χ2n) is 7.63. The average molecular weight is 428 g/mol. The minimum atomic E-state index is 0.431. The van der Waals surface area contributed by atoms with Gasteiger partial charge >= 0.3 is 0 Å². The van der Waals surface area contributed by atoms with E-state index in [-0.39, 0.29) is 0 Å². The van der Waals surface area contributed by atoms with Gasteiger partial charge in [0.25, 0.3) is 0 Å². The van der Waals surface area contributed by atoms with Crippen molar-refractivity contribution in [3.05, 3.63) is 77.6 Å². The molecule has 162 valence electrons. The predicted molar refractivity (Wildman–Crippen MR) is 121 cm³/mol.